The van der Waals surface area contributed by atoms with Crippen LogP contribution in [0.5, 0.6) is 0 Å². The first-order valence-corrected chi connectivity index (χ1v) is 20.0. The van der Waals surface area contributed by atoms with E-state index < -0.39 is 24.1 Å². The fourth-order valence-electron chi connectivity index (χ4n) is 5.23. The van der Waals surface area contributed by atoms with Crippen LogP contribution in [-0.2, 0) is 28.6 Å². The molecule has 296 valence electrons. The first kappa shape index (κ1) is 48.8. The van der Waals surface area contributed by atoms with Crippen molar-refractivity contribution in [3.63, 3.8) is 0 Å². The molecule has 2 unspecified atom stereocenters. The Morgan fingerprint density at radius 1 is 0.596 bits per heavy atom. The maximum absolute atomic E-state index is 12.6. The smallest absolute Gasteiger partial charge is 0.306 e. The van der Waals surface area contributed by atoms with Crippen molar-refractivity contribution in [3.8, 4) is 0 Å². The van der Waals surface area contributed by atoms with E-state index in [0.29, 0.717) is 12.8 Å². The number of unbranched alkanes of at least 4 members (excludes halogenated alkanes) is 8. The highest BCUT2D eigenvalue weighted by Gasteiger charge is 2.25. The largest absolute Gasteiger partial charge is 0.544 e. The maximum Gasteiger partial charge on any atom is 0.306 e. The second-order valence-electron chi connectivity index (χ2n) is 14.1. The van der Waals surface area contributed by atoms with Crippen LogP contribution in [-0.4, -0.2) is 75.5 Å². The van der Waals surface area contributed by atoms with Crippen LogP contribution < -0.4 is 5.11 Å². The molecule has 0 heterocycles. The minimum Gasteiger partial charge on any atom is -0.544 e. The van der Waals surface area contributed by atoms with Crippen molar-refractivity contribution in [2.45, 2.75) is 148 Å². The Hall–Kier alpha value is -3.23. The number of ether oxygens (including phenoxy) is 3. The molecule has 0 aromatic carbocycles. The van der Waals surface area contributed by atoms with Gasteiger partial charge in [-0.3, -0.25) is 9.59 Å². The first-order chi connectivity index (χ1) is 25.1. The number of nitrogens with zero attached hydrogens (tertiary/aromatic N) is 1. The Morgan fingerprint density at radius 2 is 1.12 bits per heavy atom. The van der Waals surface area contributed by atoms with Gasteiger partial charge in [-0.2, -0.15) is 0 Å². The Morgan fingerprint density at radius 3 is 1.67 bits per heavy atom. The van der Waals surface area contributed by atoms with E-state index in [2.05, 4.69) is 74.6 Å². The number of hydrogen-bond acceptors (Lipinski definition) is 7. The molecule has 2 atom stereocenters. The number of aliphatic carboxylic acids is 1. The summed E-state index contributed by atoms with van der Waals surface area (Å²) in [5.74, 6) is -1.87. The lowest BCUT2D eigenvalue weighted by Crippen LogP contribution is -2.55. The summed E-state index contributed by atoms with van der Waals surface area (Å²) in [6.45, 7) is 4.40. The van der Waals surface area contributed by atoms with Gasteiger partial charge in [0.25, 0.3) is 0 Å². The highest BCUT2D eigenvalue weighted by Crippen LogP contribution is 2.11. The molecule has 0 N–H and O–H groups in total. The van der Waals surface area contributed by atoms with E-state index in [1.165, 1.54) is 32.1 Å². The summed E-state index contributed by atoms with van der Waals surface area (Å²) in [5, 5.41) is 11.6. The Bertz CT molecular complexity index is 1080. The summed E-state index contributed by atoms with van der Waals surface area (Å²) < 4.78 is 17.0. The van der Waals surface area contributed by atoms with Gasteiger partial charge in [-0.15, -0.1) is 0 Å². The molecule has 0 radical (unpaired) electrons. The van der Waals surface area contributed by atoms with E-state index in [1.54, 1.807) is 21.1 Å². The quantitative estimate of drug-likeness (QED) is 0.0282. The zero-order valence-corrected chi connectivity index (χ0v) is 33.4. The minimum atomic E-state index is -1.14. The number of quaternary nitrogens is 1. The molecule has 0 aromatic heterocycles. The molecule has 0 bridgehead atoms. The molecule has 0 aliphatic rings. The molecule has 0 aliphatic heterocycles. The van der Waals surface area contributed by atoms with Crippen LogP contribution in [0.25, 0.3) is 0 Å². The van der Waals surface area contributed by atoms with Crippen LogP contribution in [0.1, 0.15) is 136 Å². The van der Waals surface area contributed by atoms with E-state index in [4.69, 9.17) is 14.2 Å². The van der Waals surface area contributed by atoms with Gasteiger partial charge >= 0.3 is 11.9 Å². The summed E-state index contributed by atoms with van der Waals surface area (Å²) in [6.07, 6.45) is 42.3. The van der Waals surface area contributed by atoms with E-state index in [1.807, 2.05) is 12.2 Å². The predicted molar refractivity (Wildman–Crippen MR) is 212 cm³/mol. The second-order valence-corrected chi connectivity index (χ2v) is 14.1. The monoisotopic (exact) mass is 728 g/mol. The number of hydrogen-bond donors (Lipinski definition) is 0. The molecular formula is C44H73NO7. The van der Waals surface area contributed by atoms with Crippen LogP contribution in [0.15, 0.2) is 72.9 Å². The molecule has 0 aliphatic carbocycles. The Kier molecular flexibility index (Phi) is 32.7. The number of rotatable bonds is 34. The maximum atomic E-state index is 12.6. The fraction of sp³-hybridized carbons (Fsp3) is 0.659. The lowest BCUT2D eigenvalue weighted by Gasteiger charge is -2.34. The van der Waals surface area contributed by atoms with E-state index in [0.717, 1.165) is 64.2 Å². The van der Waals surface area contributed by atoms with E-state index >= 15 is 0 Å². The standard InChI is InChI=1S/C44H73NO7/c1-6-8-10-12-14-16-18-20-21-22-23-25-27-29-31-33-35-43(47)52-40(38-50-37-36-41(44(48)49)45(3,4)5)39-51-42(46)34-32-30-28-26-24-19-17-15-13-11-9-7-2/h8,10,14-17,20-21,23,25,29,31,40-41H,6-7,9,11-13,18-19,22,24,26-28,30,32-39H2,1-5H3/b10-8+,16-14+,17-15+,21-20+,25-23+,31-29+. The molecule has 0 amide bonds. The Labute approximate surface area is 317 Å². The highest BCUT2D eigenvalue weighted by molar-refractivity contribution is 5.70. The van der Waals surface area contributed by atoms with Crippen molar-refractivity contribution in [1.82, 2.24) is 0 Å². The van der Waals surface area contributed by atoms with Crippen LogP contribution >= 0.6 is 0 Å². The van der Waals surface area contributed by atoms with Crippen LogP contribution in [0.2, 0.25) is 0 Å². The van der Waals surface area contributed by atoms with Crippen molar-refractivity contribution in [2.75, 3.05) is 41.0 Å². The van der Waals surface area contributed by atoms with E-state index in [9.17, 15) is 19.5 Å². The normalized spacial score (nSPS) is 13.8. The summed E-state index contributed by atoms with van der Waals surface area (Å²) in [7, 11) is 5.36. The van der Waals surface area contributed by atoms with Crippen molar-refractivity contribution in [3.05, 3.63) is 72.9 Å². The molecule has 8 nitrogen and oxygen atoms in total. The predicted octanol–water partition coefficient (Wildman–Crippen LogP) is 9.07. The van der Waals surface area contributed by atoms with Crippen molar-refractivity contribution in [1.29, 1.82) is 0 Å². The number of carbonyl (C=O) groups is 3. The van der Waals surface area contributed by atoms with Gasteiger partial charge in [-0.05, 0) is 70.6 Å². The van der Waals surface area contributed by atoms with Crippen molar-refractivity contribution < 1.29 is 38.2 Å². The SMILES string of the molecule is CC/C=C/C/C=C/C/C=C/C/C=C/C/C=C/CCC(=O)OC(COCCC(C(=O)[O-])[N+](C)(C)C)COC(=O)CCCCCCC/C=C/CCCCC. The van der Waals surface area contributed by atoms with Crippen molar-refractivity contribution in [2.24, 2.45) is 0 Å². The summed E-state index contributed by atoms with van der Waals surface area (Å²) in [4.78, 5) is 36.7. The third kappa shape index (κ3) is 32.7. The molecule has 0 spiro atoms. The van der Waals surface area contributed by atoms with Gasteiger partial charge in [0.05, 0.1) is 40.3 Å². The molecule has 0 saturated carbocycles. The zero-order chi connectivity index (χ0) is 38.5. The lowest BCUT2D eigenvalue weighted by molar-refractivity contribution is -0.889. The highest BCUT2D eigenvalue weighted by atomic mass is 16.6. The molecule has 0 aromatic rings. The molecule has 52 heavy (non-hydrogen) atoms. The van der Waals surface area contributed by atoms with Gasteiger partial charge in [0, 0.05) is 19.3 Å². The molecular weight excluding hydrogens is 654 g/mol. The third-order valence-electron chi connectivity index (χ3n) is 8.34. The topological polar surface area (TPSA) is 102 Å². The number of esters is 2. The summed E-state index contributed by atoms with van der Waals surface area (Å²) in [6, 6.07) is -0.741. The molecule has 0 fully saturated rings. The van der Waals surface area contributed by atoms with Gasteiger partial charge in [0.15, 0.2) is 6.10 Å². The van der Waals surface area contributed by atoms with Crippen LogP contribution in [0, 0.1) is 0 Å². The van der Waals surface area contributed by atoms with Gasteiger partial charge < -0.3 is 28.6 Å². The first-order valence-electron chi connectivity index (χ1n) is 20.0. The number of allylic oxidation sites excluding steroid dienone is 12. The molecule has 0 saturated heterocycles. The summed E-state index contributed by atoms with van der Waals surface area (Å²) >= 11 is 0. The minimum absolute atomic E-state index is 0.00461. The van der Waals surface area contributed by atoms with Crippen LogP contribution in [0.4, 0.5) is 0 Å². The van der Waals surface area contributed by atoms with Gasteiger partial charge in [0.1, 0.15) is 12.6 Å². The summed E-state index contributed by atoms with van der Waals surface area (Å²) in [5.41, 5.74) is 0. The molecule has 0 rings (SSSR count). The number of likely N-dealkylation sites (N-methyl/N-ethyl adjacent to an activating group) is 1. The lowest BCUT2D eigenvalue weighted by atomic mass is 10.1. The number of carboxylic acid groups (broad SMARTS) is 1. The Balaban J connectivity index is 4.56. The average molecular weight is 728 g/mol. The average Bonchev–Trinajstić information content (AvgIpc) is 3.09. The van der Waals surface area contributed by atoms with Crippen molar-refractivity contribution >= 4 is 17.9 Å². The van der Waals surface area contributed by atoms with Crippen LogP contribution in [0.3, 0.4) is 0 Å². The van der Waals surface area contributed by atoms with Gasteiger partial charge in [-0.1, -0.05) is 119 Å². The fourth-order valence-corrected chi connectivity index (χ4v) is 5.23. The third-order valence-corrected chi connectivity index (χ3v) is 8.34. The molecule has 8 heteroatoms. The van der Waals surface area contributed by atoms with E-state index in [-0.39, 0.29) is 43.1 Å². The number of carbonyl (C=O) groups excluding carboxylic acids is 3. The zero-order valence-electron chi connectivity index (χ0n) is 33.4. The van der Waals surface area contributed by atoms with Gasteiger partial charge in [-0.25, -0.2) is 0 Å². The number of carboxylic acids is 1. The van der Waals surface area contributed by atoms with Gasteiger partial charge in [0.2, 0.25) is 0 Å². The second kappa shape index (κ2) is 34.8.